The molecule has 0 N–H and O–H groups in total. The molecule has 11 heavy (non-hydrogen) atoms. The highest BCUT2D eigenvalue weighted by molar-refractivity contribution is 8.09. The summed E-state index contributed by atoms with van der Waals surface area (Å²) in [4.78, 5) is 10.9. The molecule has 0 radical (unpaired) electrons. The van der Waals surface area contributed by atoms with Gasteiger partial charge in [-0.2, -0.15) is 0 Å². The van der Waals surface area contributed by atoms with Crippen molar-refractivity contribution in [3.8, 4) is 0 Å². The van der Waals surface area contributed by atoms with Gasteiger partial charge < -0.3 is 28.7 Å². The first kappa shape index (κ1) is 14.2. The van der Waals surface area contributed by atoms with E-state index in [1.165, 1.54) is 0 Å². The third kappa shape index (κ3) is 8.62. The van der Waals surface area contributed by atoms with Crippen LogP contribution in [0.2, 0.25) is 0 Å². The maximum Gasteiger partial charge on any atom is 0.332 e. The summed E-state index contributed by atoms with van der Waals surface area (Å²) < 4.78 is 5.04. The van der Waals surface area contributed by atoms with Crippen molar-refractivity contribution in [3.05, 3.63) is 0 Å². The van der Waals surface area contributed by atoms with Crippen molar-refractivity contribution in [2.24, 2.45) is 0 Å². The Bertz CT molecular complexity index is 107. The standard InChI is InChI=1S/C7H15O2S.HI/c1-4-9-6-5-7(8)10(2)3;/h4-6H2,1-3H3;1H/q+1;/p-1. The van der Waals surface area contributed by atoms with E-state index in [1.807, 2.05) is 19.4 Å². The summed E-state index contributed by atoms with van der Waals surface area (Å²) in [5, 5.41) is 0.313. The molecule has 0 atom stereocenters. The number of hydrogen-bond donors (Lipinski definition) is 0. The van der Waals surface area contributed by atoms with Gasteiger partial charge >= 0.3 is 5.12 Å². The molecule has 68 valence electrons. The van der Waals surface area contributed by atoms with Crippen LogP contribution in [0.5, 0.6) is 0 Å². The first-order chi connectivity index (χ1) is 4.68. The molecule has 0 bridgehead atoms. The minimum absolute atomic E-state index is 0. The van der Waals surface area contributed by atoms with Crippen LogP contribution in [-0.4, -0.2) is 30.8 Å². The predicted octanol–water partition coefficient (Wildman–Crippen LogP) is -2.18. The average molecular weight is 290 g/mol. The van der Waals surface area contributed by atoms with Crippen LogP contribution in [0, 0.1) is 0 Å². The molecule has 0 aliphatic heterocycles. The van der Waals surface area contributed by atoms with Gasteiger partial charge in [-0.15, -0.1) is 0 Å². The van der Waals surface area contributed by atoms with E-state index in [2.05, 4.69) is 0 Å². The van der Waals surface area contributed by atoms with Gasteiger partial charge in [-0.3, -0.25) is 0 Å². The predicted molar refractivity (Wildman–Crippen MR) is 45.3 cm³/mol. The molecule has 4 heteroatoms. The van der Waals surface area contributed by atoms with Crippen LogP contribution in [0.3, 0.4) is 0 Å². The Morgan fingerprint density at radius 3 is 2.36 bits per heavy atom. The van der Waals surface area contributed by atoms with Crippen molar-refractivity contribution in [2.75, 3.05) is 25.7 Å². The van der Waals surface area contributed by atoms with Crippen molar-refractivity contribution in [3.63, 3.8) is 0 Å². The Morgan fingerprint density at radius 1 is 1.45 bits per heavy atom. The summed E-state index contributed by atoms with van der Waals surface area (Å²) in [5.74, 6) is 0. The minimum Gasteiger partial charge on any atom is -1.00 e. The number of halogens is 1. The molecule has 0 aliphatic rings. The van der Waals surface area contributed by atoms with E-state index in [1.54, 1.807) is 0 Å². The average Bonchev–Trinajstić information content (AvgIpc) is 1.88. The lowest BCUT2D eigenvalue weighted by Crippen LogP contribution is -3.00. The molecule has 0 saturated heterocycles. The zero-order valence-corrected chi connectivity index (χ0v) is 10.2. The van der Waals surface area contributed by atoms with Crippen molar-refractivity contribution in [1.29, 1.82) is 0 Å². The van der Waals surface area contributed by atoms with Crippen molar-refractivity contribution in [2.45, 2.75) is 13.3 Å². The number of hydrogen-bond acceptors (Lipinski definition) is 2. The van der Waals surface area contributed by atoms with E-state index in [-0.39, 0.29) is 34.9 Å². The summed E-state index contributed by atoms with van der Waals surface area (Å²) in [6.45, 7) is 3.22. The monoisotopic (exact) mass is 290 g/mol. The second-order valence-corrected chi connectivity index (χ2v) is 4.22. The maximum absolute atomic E-state index is 10.9. The third-order valence-corrected chi connectivity index (χ3v) is 2.22. The van der Waals surface area contributed by atoms with E-state index in [0.717, 1.165) is 0 Å². The third-order valence-electron chi connectivity index (χ3n) is 1.11. The van der Waals surface area contributed by atoms with E-state index < -0.39 is 0 Å². The fourth-order valence-electron chi connectivity index (χ4n) is 0.504. The van der Waals surface area contributed by atoms with Crippen LogP contribution in [0.4, 0.5) is 0 Å². The molecule has 0 fully saturated rings. The van der Waals surface area contributed by atoms with Crippen molar-refractivity contribution >= 4 is 16.0 Å². The van der Waals surface area contributed by atoms with Crippen molar-refractivity contribution in [1.82, 2.24) is 0 Å². The van der Waals surface area contributed by atoms with Crippen LogP contribution in [0.15, 0.2) is 0 Å². The normalized spacial score (nSPS) is 9.45. The molecule has 2 nitrogen and oxygen atoms in total. The SMILES string of the molecule is CCOCCC(=O)[S+](C)C.[I-]. The zero-order valence-electron chi connectivity index (χ0n) is 7.22. The lowest BCUT2D eigenvalue weighted by atomic mass is 10.5. The maximum atomic E-state index is 10.9. The Kier molecular flexibility index (Phi) is 11.4. The Balaban J connectivity index is 0. The van der Waals surface area contributed by atoms with Crippen LogP contribution in [0.25, 0.3) is 0 Å². The number of ether oxygens (including phenoxy) is 1. The molecule has 0 spiro atoms. The number of rotatable bonds is 4. The van der Waals surface area contributed by atoms with Crippen LogP contribution in [0.1, 0.15) is 13.3 Å². The highest BCUT2D eigenvalue weighted by atomic mass is 127. The van der Waals surface area contributed by atoms with Gasteiger partial charge in [0.05, 0.1) is 23.9 Å². The smallest absolute Gasteiger partial charge is 0.332 e. The first-order valence-corrected chi connectivity index (χ1v) is 5.40. The highest BCUT2D eigenvalue weighted by Gasteiger charge is 2.15. The van der Waals surface area contributed by atoms with Gasteiger partial charge in [0.15, 0.2) is 0 Å². The van der Waals surface area contributed by atoms with Gasteiger partial charge in [-0.1, -0.05) is 0 Å². The fraction of sp³-hybridized carbons (Fsp3) is 0.857. The van der Waals surface area contributed by atoms with E-state index in [0.29, 0.717) is 24.7 Å². The van der Waals surface area contributed by atoms with Gasteiger partial charge in [-0.05, 0) is 6.92 Å². The van der Waals surface area contributed by atoms with Gasteiger partial charge in [0.1, 0.15) is 12.5 Å². The van der Waals surface area contributed by atoms with Crippen LogP contribution in [-0.2, 0) is 20.4 Å². The Hall–Kier alpha value is 0.710. The summed E-state index contributed by atoms with van der Waals surface area (Å²) in [6.07, 6.45) is 4.45. The minimum atomic E-state index is -0.0827. The summed E-state index contributed by atoms with van der Waals surface area (Å²) in [5.41, 5.74) is 0. The number of carbonyl (C=O) groups excluding carboxylic acids is 1. The Morgan fingerprint density at radius 2 is 2.00 bits per heavy atom. The molecule has 0 heterocycles. The second kappa shape index (κ2) is 8.80. The zero-order chi connectivity index (χ0) is 7.98. The second-order valence-electron chi connectivity index (χ2n) is 2.14. The first-order valence-electron chi connectivity index (χ1n) is 3.36. The highest BCUT2D eigenvalue weighted by Crippen LogP contribution is 1.93. The van der Waals surface area contributed by atoms with E-state index in [4.69, 9.17) is 4.74 Å². The summed E-state index contributed by atoms with van der Waals surface area (Å²) in [7, 11) is -0.0827. The van der Waals surface area contributed by atoms with Crippen molar-refractivity contribution < 1.29 is 33.5 Å². The molecular formula is C7H15IO2S. The molecule has 0 aromatic heterocycles. The topological polar surface area (TPSA) is 26.3 Å². The van der Waals surface area contributed by atoms with E-state index >= 15 is 0 Å². The molecule has 0 unspecified atom stereocenters. The quantitative estimate of drug-likeness (QED) is 0.334. The van der Waals surface area contributed by atoms with Gasteiger partial charge in [0.25, 0.3) is 0 Å². The van der Waals surface area contributed by atoms with Gasteiger partial charge in [0.2, 0.25) is 0 Å². The largest absolute Gasteiger partial charge is 1.00 e. The van der Waals surface area contributed by atoms with Crippen LogP contribution < -0.4 is 24.0 Å². The van der Waals surface area contributed by atoms with Gasteiger partial charge in [-0.25, -0.2) is 4.79 Å². The summed E-state index contributed by atoms with van der Waals surface area (Å²) in [6, 6.07) is 0. The molecule has 0 amide bonds. The number of carbonyl (C=O) groups is 1. The lowest BCUT2D eigenvalue weighted by molar-refractivity contribution is -0.112. The van der Waals surface area contributed by atoms with E-state index in [9.17, 15) is 4.79 Å². The molecule has 0 aromatic carbocycles. The molecule has 0 saturated carbocycles. The lowest BCUT2D eigenvalue weighted by Gasteiger charge is -1.96. The molecule has 0 aliphatic carbocycles. The van der Waals surface area contributed by atoms with Gasteiger partial charge in [0, 0.05) is 6.61 Å². The molecule has 0 aromatic rings. The summed E-state index contributed by atoms with van der Waals surface area (Å²) >= 11 is 0. The molecule has 0 rings (SSSR count). The van der Waals surface area contributed by atoms with Crippen LogP contribution >= 0.6 is 0 Å². The fourth-order valence-corrected chi connectivity index (χ4v) is 0.996. The molecular weight excluding hydrogens is 275 g/mol. The Labute approximate surface area is 88.4 Å².